The van der Waals surface area contributed by atoms with Crippen LogP contribution >= 0.6 is 0 Å². The number of para-hydroxylation sites is 2. The molecule has 0 saturated carbocycles. The van der Waals surface area contributed by atoms with Gasteiger partial charge in [-0.3, -0.25) is 0 Å². The van der Waals surface area contributed by atoms with Crippen molar-refractivity contribution in [3.8, 4) is 5.75 Å². The van der Waals surface area contributed by atoms with Crippen LogP contribution in [0.2, 0.25) is 0 Å². The van der Waals surface area contributed by atoms with Gasteiger partial charge in [0.25, 0.3) is 0 Å². The van der Waals surface area contributed by atoms with Gasteiger partial charge >= 0.3 is 0 Å². The van der Waals surface area contributed by atoms with Gasteiger partial charge in [0.1, 0.15) is 5.75 Å². The van der Waals surface area contributed by atoms with E-state index in [1.54, 1.807) is 7.11 Å². The Morgan fingerprint density at radius 3 is 2.36 bits per heavy atom. The number of benzene rings is 1. The number of hydrogen-bond acceptors (Lipinski definition) is 2. The Morgan fingerprint density at radius 1 is 1.27 bits per heavy atom. The van der Waals surface area contributed by atoms with Crippen molar-refractivity contribution in [3.05, 3.63) is 24.3 Å². The highest BCUT2D eigenvalue weighted by Gasteiger charge is 1.95. The number of methoxy groups -OCH3 is 1. The van der Waals surface area contributed by atoms with Gasteiger partial charge in [-0.1, -0.05) is 19.6 Å². The van der Waals surface area contributed by atoms with Crippen molar-refractivity contribution in [2.45, 2.75) is 7.43 Å². The van der Waals surface area contributed by atoms with Gasteiger partial charge < -0.3 is 10.1 Å². The zero-order valence-electron chi connectivity index (χ0n) is 6.22. The fraction of sp³-hybridized carbons (Fsp3) is 0.333. The van der Waals surface area contributed by atoms with Crippen LogP contribution in [0.3, 0.4) is 0 Å². The van der Waals surface area contributed by atoms with E-state index < -0.39 is 0 Å². The number of rotatable bonds is 2. The predicted octanol–water partition coefficient (Wildman–Crippen LogP) is 2.37. The molecule has 0 heterocycles. The van der Waals surface area contributed by atoms with E-state index in [1.807, 2.05) is 31.3 Å². The van der Waals surface area contributed by atoms with Gasteiger partial charge in [-0.2, -0.15) is 0 Å². The largest absolute Gasteiger partial charge is 0.495 e. The Labute approximate surface area is 68.2 Å². The molecule has 1 aromatic rings. The van der Waals surface area contributed by atoms with Crippen molar-refractivity contribution < 1.29 is 4.74 Å². The Morgan fingerprint density at radius 2 is 1.91 bits per heavy atom. The highest BCUT2D eigenvalue weighted by molar-refractivity contribution is 5.55. The maximum Gasteiger partial charge on any atom is 0.141 e. The van der Waals surface area contributed by atoms with Crippen LogP contribution < -0.4 is 10.1 Å². The van der Waals surface area contributed by atoms with Gasteiger partial charge in [-0.15, -0.1) is 0 Å². The number of anilines is 1. The van der Waals surface area contributed by atoms with Gasteiger partial charge in [0.2, 0.25) is 0 Å². The highest BCUT2D eigenvalue weighted by Crippen LogP contribution is 2.21. The van der Waals surface area contributed by atoms with Crippen LogP contribution in [0.15, 0.2) is 24.3 Å². The third kappa shape index (κ3) is 2.15. The molecule has 0 radical (unpaired) electrons. The topological polar surface area (TPSA) is 21.3 Å². The first-order chi connectivity index (χ1) is 4.88. The third-order valence-electron chi connectivity index (χ3n) is 1.38. The van der Waals surface area contributed by atoms with Crippen molar-refractivity contribution in [1.29, 1.82) is 0 Å². The molecule has 0 amide bonds. The first kappa shape index (κ1) is 9.82. The molecule has 2 nitrogen and oxygen atoms in total. The Balaban J connectivity index is 0.000001000. The zero-order valence-corrected chi connectivity index (χ0v) is 6.22. The van der Waals surface area contributed by atoms with Crippen molar-refractivity contribution in [2.75, 3.05) is 19.5 Å². The lowest BCUT2D eigenvalue weighted by Gasteiger charge is -2.05. The normalized spacial score (nSPS) is 8.18. The molecule has 11 heavy (non-hydrogen) atoms. The van der Waals surface area contributed by atoms with Crippen molar-refractivity contribution in [1.82, 2.24) is 0 Å². The lowest BCUT2D eigenvalue weighted by atomic mass is 10.3. The highest BCUT2D eigenvalue weighted by atomic mass is 16.5. The molecule has 1 rings (SSSR count). The molecule has 0 unspecified atom stereocenters. The van der Waals surface area contributed by atoms with E-state index >= 15 is 0 Å². The second kappa shape index (κ2) is 4.61. The summed E-state index contributed by atoms with van der Waals surface area (Å²) in [5.41, 5.74) is 1.02. The third-order valence-corrected chi connectivity index (χ3v) is 1.38. The van der Waals surface area contributed by atoms with Crippen LogP contribution in [0, 0.1) is 0 Å². The van der Waals surface area contributed by atoms with Gasteiger partial charge in [0.05, 0.1) is 12.8 Å². The summed E-state index contributed by atoms with van der Waals surface area (Å²) in [7, 11) is 3.54. The quantitative estimate of drug-likeness (QED) is 0.704. The molecule has 0 fully saturated rings. The standard InChI is InChI=1S/C8H11NO.CH4/c1-9-7-5-3-4-6-8(7)10-2;/h3-6,9H,1-2H3;1H4. The molecule has 0 aliphatic heterocycles. The van der Waals surface area contributed by atoms with E-state index in [0.29, 0.717) is 0 Å². The zero-order chi connectivity index (χ0) is 7.40. The molecule has 0 aliphatic rings. The smallest absolute Gasteiger partial charge is 0.141 e. The van der Waals surface area contributed by atoms with E-state index in [4.69, 9.17) is 4.74 Å². The van der Waals surface area contributed by atoms with E-state index in [1.165, 1.54) is 0 Å². The first-order valence-electron chi connectivity index (χ1n) is 3.19. The van der Waals surface area contributed by atoms with E-state index in [-0.39, 0.29) is 7.43 Å². The Hall–Kier alpha value is -1.18. The van der Waals surface area contributed by atoms with Crippen LogP contribution in [0.5, 0.6) is 5.75 Å². The molecule has 1 N–H and O–H groups in total. The summed E-state index contributed by atoms with van der Waals surface area (Å²) >= 11 is 0. The first-order valence-corrected chi connectivity index (χ1v) is 3.19. The maximum atomic E-state index is 5.07. The molecule has 0 spiro atoms. The number of nitrogens with one attached hydrogen (secondary N) is 1. The molecule has 0 atom stereocenters. The molecule has 0 aromatic heterocycles. The average molecular weight is 153 g/mol. The maximum absolute atomic E-state index is 5.07. The molecule has 62 valence electrons. The minimum atomic E-state index is 0. The van der Waals surface area contributed by atoms with E-state index in [9.17, 15) is 0 Å². The SMILES string of the molecule is C.CNc1ccccc1OC. The van der Waals surface area contributed by atoms with Gasteiger partial charge in [0.15, 0.2) is 0 Å². The summed E-state index contributed by atoms with van der Waals surface area (Å²) < 4.78 is 5.07. The Bertz CT molecular complexity index is 187. The molecule has 0 saturated heterocycles. The average Bonchev–Trinajstić information content (AvgIpc) is 2.04. The molecule has 1 aromatic carbocycles. The molecule has 0 aliphatic carbocycles. The number of hydrogen-bond donors (Lipinski definition) is 1. The van der Waals surface area contributed by atoms with E-state index in [2.05, 4.69) is 5.32 Å². The minimum Gasteiger partial charge on any atom is -0.495 e. The number of ether oxygens (including phenoxy) is 1. The lowest BCUT2D eigenvalue weighted by Crippen LogP contribution is -1.91. The fourth-order valence-electron chi connectivity index (χ4n) is 0.851. The fourth-order valence-corrected chi connectivity index (χ4v) is 0.851. The van der Waals surface area contributed by atoms with Crippen LogP contribution in [-0.2, 0) is 0 Å². The van der Waals surface area contributed by atoms with Crippen molar-refractivity contribution >= 4 is 5.69 Å². The van der Waals surface area contributed by atoms with Crippen LogP contribution in [-0.4, -0.2) is 14.2 Å². The summed E-state index contributed by atoms with van der Waals surface area (Å²) in [6, 6.07) is 7.80. The van der Waals surface area contributed by atoms with Gasteiger partial charge in [-0.25, -0.2) is 0 Å². The van der Waals surface area contributed by atoms with Crippen LogP contribution in [0.1, 0.15) is 7.43 Å². The summed E-state index contributed by atoms with van der Waals surface area (Å²) in [5.74, 6) is 0.880. The van der Waals surface area contributed by atoms with Gasteiger partial charge in [-0.05, 0) is 12.1 Å². The van der Waals surface area contributed by atoms with E-state index in [0.717, 1.165) is 11.4 Å². The molecule has 2 heteroatoms. The van der Waals surface area contributed by atoms with Crippen molar-refractivity contribution in [2.24, 2.45) is 0 Å². The monoisotopic (exact) mass is 153 g/mol. The lowest BCUT2D eigenvalue weighted by molar-refractivity contribution is 0.416. The summed E-state index contributed by atoms with van der Waals surface area (Å²) in [5, 5.41) is 3.02. The molecular weight excluding hydrogens is 138 g/mol. The second-order valence-electron chi connectivity index (χ2n) is 1.95. The summed E-state index contributed by atoms with van der Waals surface area (Å²) in [6.45, 7) is 0. The predicted molar refractivity (Wildman–Crippen MR) is 49.3 cm³/mol. The molecule has 0 bridgehead atoms. The van der Waals surface area contributed by atoms with Crippen LogP contribution in [0.25, 0.3) is 0 Å². The minimum absolute atomic E-state index is 0. The molecular formula is C9H15NO. The second-order valence-corrected chi connectivity index (χ2v) is 1.95. The van der Waals surface area contributed by atoms with Gasteiger partial charge in [0, 0.05) is 7.05 Å². The van der Waals surface area contributed by atoms with Crippen molar-refractivity contribution in [3.63, 3.8) is 0 Å². The summed E-state index contributed by atoms with van der Waals surface area (Å²) in [4.78, 5) is 0. The Kier molecular flexibility index (Phi) is 4.11. The van der Waals surface area contributed by atoms with Crippen LogP contribution in [0.4, 0.5) is 5.69 Å². The summed E-state index contributed by atoms with van der Waals surface area (Å²) in [6.07, 6.45) is 0.